The van der Waals surface area contributed by atoms with Crippen LogP contribution < -0.4 is 5.32 Å². The Kier molecular flexibility index (Phi) is 3.99. The third kappa shape index (κ3) is 3.14. The van der Waals surface area contributed by atoms with Gasteiger partial charge in [0, 0.05) is 18.8 Å². The van der Waals surface area contributed by atoms with E-state index in [0.717, 1.165) is 25.0 Å². The van der Waals surface area contributed by atoms with Crippen LogP contribution in [-0.2, 0) is 6.54 Å². The zero-order chi connectivity index (χ0) is 12.2. The Hall–Kier alpha value is -0.830. The van der Waals surface area contributed by atoms with Gasteiger partial charge in [0.15, 0.2) is 0 Å². The summed E-state index contributed by atoms with van der Waals surface area (Å²) in [5.74, 6) is 1.03. The minimum atomic E-state index is 0.753. The van der Waals surface area contributed by atoms with E-state index >= 15 is 0 Å². The quantitative estimate of drug-likeness (QED) is 0.749. The predicted octanol–water partition coefficient (Wildman–Crippen LogP) is 3.28. The number of hydrogen-bond acceptors (Lipinski definition) is 2. The van der Waals surface area contributed by atoms with Crippen molar-refractivity contribution in [3.63, 3.8) is 0 Å². The Labute approximate surface area is 110 Å². The predicted molar refractivity (Wildman–Crippen MR) is 73.4 cm³/mol. The summed E-state index contributed by atoms with van der Waals surface area (Å²) in [7, 11) is 0. The van der Waals surface area contributed by atoms with Crippen LogP contribution in [-0.4, -0.2) is 16.1 Å². The molecule has 3 nitrogen and oxygen atoms in total. The average molecular weight is 247 g/mol. The molecule has 2 aliphatic rings. The molecule has 1 aromatic heterocycles. The van der Waals surface area contributed by atoms with Crippen LogP contribution in [0, 0.1) is 5.92 Å². The van der Waals surface area contributed by atoms with E-state index in [1.54, 1.807) is 0 Å². The van der Waals surface area contributed by atoms with Crippen molar-refractivity contribution in [1.29, 1.82) is 0 Å². The van der Waals surface area contributed by atoms with Gasteiger partial charge in [-0.1, -0.05) is 25.7 Å². The number of imidazole rings is 1. The zero-order valence-electron chi connectivity index (χ0n) is 11.3. The van der Waals surface area contributed by atoms with Gasteiger partial charge in [0.1, 0.15) is 0 Å². The van der Waals surface area contributed by atoms with Gasteiger partial charge >= 0.3 is 0 Å². The molecule has 0 spiro atoms. The molecule has 1 aromatic rings. The fraction of sp³-hybridized carbons (Fsp3) is 0.800. The van der Waals surface area contributed by atoms with E-state index in [-0.39, 0.29) is 0 Å². The van der Waals surface area contributed by atoms with E-state index in [9.17, 15) is 0 Å². The maximum atomic E-state index is 4.27. The molecular formula is C15H25N3. The zero-order valence-corrected chi connectivity index (χ0v) is 11.3. The average Bonchev–Trinajstić information content (AvgIpc) is 2.92. The first-order valence-corrected chi connectivity index (χ1v) is 7.65. The molecular weight excluding hydrogens is 222 g/mol. The van der Waals surface area contributed by atoms with E-state index in [4.69, 9.17) is 0 Å². The van der Waals surface area contributed by atoms with Gasteiger partial charge in [0.05, 0.1) is 12.0 Å². The molecule has 0 radical (unpaired) electrons. The lowest BCUT2D eigenvalue weighted by molar-refractivity contribution is 0.468. The molecule has 3 heteroatoms. The molecule has 0 aromatic carbocycles. The third-order valence-corrected chi connectivity index (χ3v) is 4.43. The van der Waals surface area contributed by atoms with Crippen LogP contribution in [0.25, 0.3) is 0 Å². The van der Waals surface area contributed by atoms with Crippen LogP contribution in [0.4, 0.5) is 0 Å². The van der Waals surface area contributed by atoms with Crippen molar-refractivity contribution in [2.75, 3.05) is 6.54 Å². The number of nitrogens with zero attached hydrogens (tertiary/aromatic N) is 2. The van der Waals surface area contributed by atoms with E-state index in [2.05, 4.69) is 14.9 Å². The van der Waals surface area contributed by atoms with Crippen molar-refractivity contribution >= 4 is 0 Å². The molecule has 0 atom stereocenters. The minimum Gasteiger partial charge on any atom is -0.330 e. The minimum absolute atomic E-state index is 0.753. The molecule has 3 rings (SSSR count). The third-order valence-electron chi connectivity index (χ3n) is 4.43. The Morgan fingerprint density at radius 2 is 2.06 bits per heavy atom. The Bertz CT molecular complexity index is 362. The topological polar surface area (TPSA) is 29.9 Å². The fourth-order valence-corrected chi connectivity index (χ4v) is 3.18. The van der Waals surface area contributed by atoms with E-state index in [1.165, 1.54) is 57.1 Å². The first-order chi connectivity index (χ1) is 8.93. The first-order valence-electron chi connectivity index (χ1n) is 7.65. The normalized spacial score (nSPS) is 20.7. The molecule has 0 bridgehead atoms. The van der Waals surface area contributed by atoms with Crippen LogP contribution in [0.3, 0.4) is 0 Å². The van der Waals surface area contributed by atoms with Crippen molar-refractivity contribution in [3.05, 3.63) is 18.2 Å². The summed E-state index contributed by atoms with van der Waals surface area (Å²) in [5, 5.41) is 3.57. The molecule has 100 valence electrons. The molecule has 0 saturated heterocycles. The largest absolute Gasteiger partial charge is 0.330 e. The van der Waals surface area contributed by atoms with Gasteiger partial charge in [0.25, 0.3) is 0 Å². The maximum absolute atomic E-state index is 4.27. The van der Waals surface area contributed by atoms with Gasteiger partial charge in [-0.25, -0.2) is 4.98 Å². The lowest BCUT2D eigenvalue weighted by Gasteiger charge is -2.10. The van der Waals surface area contributed by atoms with Crippen LogP contribution in [0.15, 0.2) is 12.5 Å². The van der Waals surface area contributed by atoms with Gasteiger partial charge in [-0.3, -0.25) is 0 Å². The number of rotatable bonds is 7. The summed E-state index contributed by atoms with van der Waals surface area (Å²) in [6.45, 7) is 2.15. The molecule has 2 aliphatic carbocycles. The maximum Gasteiger partial charge on any atom is 0.0951 e. The summed E-state index contributed by atoms with van der Waals surface area (Å²) >= 11 is 0. The second kappa shape index (κ2) is 5.87. The SMILES string of the molecule is c1ncn(C2CC2)c1CNCCCC1CCCC1. The van der Waals surface area contributed by atoms with Gasteiger partial charge in [-0.15, -0.1) is 0 Å². The fourth-order valence-electron chi connectivity index (χ4n) is 3.18. The smallest absolute Gasteiger partial charge is 0.0951 e. The van der Waals surface area contributed by atoms with Crippen LogP contribution in [0.5, 0.6) is 0 Å². The Balaban J connectivity index is 1.32. The molecule has 2 saturated carbocycles. The van der Waals surface area contributed by atoms with Crippen LogP contribution in [0.1, 0.15) is 63.1 Å². The summed E-state index contributed by atoms with van der Waals surface area (Å²) in [5.41, 5.74) is 1.36. The second-order valence-corrected chi connectivity index (χ2v) is 5.99. The summed E-state index contributed by atoms with van der Waals surface area (Å²) in [6.07, 6.45) is 15.4. The van der Waals surface area contributed by atoms with Crippen molar-refractivity contribution in [2.24, 2.45) is 5.92 Å². The van der Waals surface area contributed by atoms with Gasteiger partial charge < -0.3 is 9.88 Å². The number of nitrogens with one attached hydrogen (secondary N) is 1. The lowest BCUT2D eigenvalue weighted by Crippen LogP contribution is -2.17. The van der Waals surface area contributed by atoms with E-state index < -0.39 is 0 Å². The Morgan fingerprint density at radius 3 is 2.83 bits per heavy atom. The highest BCUT2D eigenvalue weighted by Crippen LogP contribution is 2.35. The highest BCUT2D eigenvalue weighted by molar-refractivity contribution is 5.03. The van der Waals surface area contributed by atoms with Crippen LogP contribution in [0.2, 0.25) is 0 Å². The monoisotopic (exact) mass is 247 g/mol. The summed E-state index contributed by atoms with van der Waals surface area (Å²) < 4.78 is 2.35. The van der Waals surface area contributed by atoms with Gasteiger partial charge in [-0.2, -0.15) is 0 Å². The standard InChI is InChI=1S/C15H25N3/c1-2-5-13(4-1)6-3-9-16-10-15-11-17-12-18(15)14-7-8-14/h11-14,16H,1-10H2. The van der Waals surface area contributed by atoms with E-state index in [0.29, 0.717) is 0 Å². The van der Waals surface area contributed by atoms with Gasteiger partial charge in [0.2, 0.25) is 0 Å². The number of aromatic nitrogens is 2. The van der Waals surface area contributed by atoms with Crippen LogP contribution >= 0.6 is 0 Å². The molecule has 0 unspecified atom stereocenters. The van der Waals surface area contributed by atoms with Crippen molar-refractivity contribution in [3.8, 4) is 0 Å². The van der Waals surface area contributed by atoms with Crippen molar-refractivity contribution < 1.29 is 0 Å². The van der Waals surface area contributed by atoms with Crippen molar-refractivity contribution in [2.45, 2.75) is 64.0 Å². The molecule has 0 amide bonds. The molecule has 2 fully saturated rings. The second-order valence-electron chi connectivity index (χ2n) is 5.99. The molecule has 1 heterocycles. The molecule has 18 heavy (non-hydrogen) atoms. The summed E-state index contributed by atoms with van der Waals surface area (Å²) in [4.78, 5) is 4.27. The highest BCUT2D eigenvalue weighted by Gasteiger charge is 2.24. The number of hydrogen-bond donors (Lipinski definition) is 1. The highest BCUT2D eigenvalue weighted by atomic mass is 15.1. The summed E-state index contributed by atoms with van der Waals surface area (Å²) in [6, 6.07) is 0.753. The molecule has 0 aliphatic heterocycles. The van der Waals surface area contributed by atoms with E-state index in [1.807, 2.05) is 12.5 Å². The first kappa shape index (κ1) is 12.2. The van der Waals surface area contributed by atoms with Gasteiger partial charge in [-0.05, 0) is 38.1 Å². The van der Waals surface area contributed by atoms with Crippen molar-refractivity contribution in [1.82, 2.24) is 14.9 Å². The molecule has 1 N–H and O–H groups in total. The lowest BCUT2D eigenvalue weighted by atomic mass is 10.0. The Morgan fingerprint density at radius 1 is 1.22 bits per heavy atom.